The molecule has 8 nitrogen and oxygen atoms in total. The minimum atomic E-state index is -0.350. The third-order valence-corrected chi connectivity index (χ3v) is 5.01. The summed E-state index contributed by atoms with van der Waals surface area (Å²) in [5, 5.41) is 14.2. The van der Waals surface area contributed by atoms with Gasteiger partial charge in [-0.2, -0.15) is 5.26 Å². The third-order valence-electron chi connectivity index (χ3n) is 5.01. The van der Waals surface area contributed by atoms with Gasteiger partial charge < -0.3 is 15.4 Å². The van der Waals surface area contributed by atoms with Crippen molar-refractivity contribution >= 4 is 34.8 Å². The van der Waals surface area contributed by atoms with Gasteiger partial charge in [0.1, 0.15) is 12.3 Å². The van der Waals surface area contributed by atoms with E-state index in [9.17, 15) is 14.4 Å². The normalized spacial score (nSPS) is 12.2. The Morgan fingerprint density at radius 3 is 2.48 bits per heavy atom. The molecule has 3 aromatic carbocycles. The molecule has 0 fully saturated rings. The molecule has 33 heavy (non-hydrogen) atoms. The summed E-state index contributed by atoms with van der Waals surface area (Å²) in [4.78, 5) is 38.6. The van der Waals surface area contributed by atoms with E-state index >= 15 is 0 Å². The smallest absolute Gasteiger partial charge is 0.262 e. The largest absolute Gasteiger partial charge is 0.484 e. The molecule has 0 radical (unpaired) electrons. The van der Waals surface area contributed by atoms with Gasteiger partial charge in [-0.05, 0) is 54.1 Å². The number of carbonyl (C=O) groups excluding carboxylic acids is 3. The van der Waals surface area contributed by atoms with Crippen molar-refractivity contribution in [1.29, 1.82) is 5.26 Å². The predicted molar refractivity (Wildman–Crippen MR) is 123 cm³/mol. The van der Waals surface area contributed by atoms with Crippen molar-refractivity contribution in [2.45, 2.75) is 6.42 Å². The molecule has 1 aliphatic rings. The van der Waals surface area contributed by atoms with E-state index in [1.807, 2.05) is 0 Å². The lowest BCUT2D eigenvalue weighted by Gasteiger charge is -2.29. The number of benzene rings is 3. The first-order valence-corrected chi connectivity index (χ1v) is 10.2. The second-order valence-corrected chi connectivity index (χ2v) is 7.35. The zero-order valence-corrected chi connectivity index (χ0v) is 17.6. The molecule has 164 valence electrons. The number of nitrogens with zero attached hydrogens (tertiary/aromatic N) is 2. The van der Waals surface area contributed by atoms with Gasteiger partial charge >= 0.3 is 0 Å². The van der Waals surface area contributed by atoms with E-state index in [0.29, 0.717) is 34.8 Å². The first-order valence-electron chi connectivity index (χ1n) is 10.2. The van der Waals surface area contributed by atoms with Crippen LogP contribution < -0.4 is 20.3 Å². The van der Waals surface area contributed by atoms with Crippen molar-refractivity contribution in [3.63, 3.8) is 0 Å². The van der Waals surface area contributed by atoms with E-state index in [1.54, 1.807) is 72.8 Å². The van der Waals surface area contributed by atoms with E-state index in [0.717, 1.165) is 5.56 Å². The number of nitrogens with one attached hydrogen (secondary N) is 2. The minimum Gasteiger partial charge on any atom is -0.484 e. The van der Waals surface area contributed by atoms with E-state index in [2.05, 4.69) is 16.7 Å². The van der Waals surface area contributed by atoms with Crippen LogP contribution in [0.25, 0.3) is 0 Å². The number of carbonyl (C=O) groups is 3. The van der Waals surface area contributed by atoms with Crippen molar-refractivity contribution in [3.05, 3.63) is 83.9 Å². The monoisotopic (exact) mass is 440 g/mol. The Hall–Kier alpha value is -4.64. The average Bonchev–Trinajstić information content (AvgIpc) is 2.83. The quantitative estimate of drug-likeness (QED) is 0.610. The van der Waals surface area contributed by atoms with Gasteiger partial charge in [0.2, 0.25) is 5.91 Å². The van der Waals surface area contributed by atoms with Crippen molar-refractivity contribution < 1.29 is 19.1 Å². The van der Waals surface area contributed by atoms with Crippen LogP contribution in [0.1, 0.15) is 15.9 Å². The molecule has 0 saturated carbocycles. The lowest BCUT2D eigenvalue weighted by Crippen LogP contribution is -2.42. The van der Waals surface area contributed by atoms with Gasteiger partial charge in [0.15, 0.2) is 6.61 Å². The molecule has 0 bridgehead atoms. The third kappa shape index (κ3) is 5.17. The predicted octanol–water partition coefficient (Wildman–Crippen LogP) is 3.37. The number of rotatable bonds is 6. The molecule has 1 aliphatic heterocycles. The fraction of sp³-hybridized carbons (Fsp3) is 0.120. The van der Waals surface area contributed by atoms with Crippen LogP contribution in [0.2, 0.25) is 0 Å². The van der Waals surface area contributed by atoms with E-state index in [4.69, 9.17) is 10.00 Å². The molecule has 0 atom stereocenters. The Morgan fingerprint density at radius 2 is 1.76 bits per heavy atom. The van der Waals surface area contributed by atoms with Crippen molar-refractivity contribution in [3.8, 4) is 11.8 Å². The molecule has 3 aromatic rings. The lowest BCUT2D eigenvalue weighted by molar-refractivity contribution is -0.118. The van der Waals surface area contributed by atoms with Crippen molar-refractivity contribution in [2.24, 2.45) is 0 Å². The second-order valence-electron chi connectivity index (χ2n) is 7.35. The van der Waals surface area contributed by atoms with Crippen LogP contribution in [0.3, 0.4) is 0 Å². The highest BCUT2D eigenvalue weighted by Crippen LogP contribution is 2.30. The molecule has 0 saturated heterocycles. The number of hydrogen-bond donors (Lipinski definition) is 2. The topological polar surface area (TPSA) is 112 Å². The number of amides is 3. The second kappa shape index (κ2) is 9.66. The van der Waals surface area contributed by atoms with Gasteiger partial charge in [-0.25, -0.2) is 0 Å². The highest BCUT2D eigenvalue weighted by atomic mass is 16.5. The number of para-hydroxylation sites is 2. The zero-order valence-electron chi connectivity index (χ0n) is 17.6. The fourth-order valence-corrected chi connectivity index (χ4v) is 3.41. The summed E-state index contributed by atoms with van der Waals surface area (Å²) in [5.74, 6) is -0.389. The summed E-state index contributed by atoms with van der Waals surface area (Å²) in [6.45, 7) is -0.249. The number of anilines is 3. The molecular formula is C25H20N4O4. The summed E-state index contributed by atoms with van der Waals surface area (Å²) < 4.78 is 5.46. The number of hydrogen-bond acceptors (Lipinski definition) is 5. The maximum Gasteiger partial charge on any atom is 0.262 e. The highest BCUT2D eigenvalue weighted by molar-refractivity contribution is 6.15. The van der Waals surface area contributed by atoms with Crippen LogP contribution in [-0.2, 0) is 16.0 Å². The summed E-state index contributed by atoms with van der Waals surface area (Å²) in [5.41, 5.74) is 3.01. The van der Waals surface area contributed by atoms with E-state index < -0.39 is 0 Å². The highest BCUT2D eigenvalue weighted by Gasteiger charge is 2.27. The fourth-order valence-electron chi connectivity index (χ4n) is 3.41. The summed E-state index contributed by atoms with van der Waals surface area (Å²) >= 11 is 0. The standard InChI is InChI=1S/C25H20N4O4/c26-14-13-17-5-11-20(12-6-17)33-16-24(31)27-19-9-7-18(8-10-19)25(32)29-15-23(30)28-21-3-1-2-4-22(21)29/h1-12H,13,15-16H2,(H,27,31)(H,28,30). The Bertz CT molecular complexity index is 1230. The Balaban J connectivity index is 1.35. The molecule has 8 heteroatoms. The average molecular weight is 440 g/mol. The van der Waals surface area contributed by atoms with Crippen LogP contribution in [0, 0.1) is 11.3 Å². The van der Waals surface area contributed by atoms with Crippen LogP contribution in [0.5, 0.6) is 5.75 Å². The van der Waals surface area contributed by atoms with Gasteiger partial charge in [-0.1, -0.05) is 24.3 Å². The Morgan fingerprint density at radius 1 is 1.03 bits per heavy atom. The van der Waals surface area contributed by atoms with Gasteiger partial charge in [0.05, 0.1) is 23.9 Å². The minimum absolute atomic E-state index is 0.0663. The van der Waals surface area contributed by atoms with Gasteiger partial charge in [0.25, 0.3) is 11.8 Å². The Labute approximate surface area is 190 Å². The molecule has 4 rings (SSSR count). The van der Waals surface area contributed by atoms with Gasteiger partial charge in [-0.3, -0.25) is 19.3 Å². The maximum atomic E-state index is 13.0. The molecule has 2 N–H and O–H groups in total. The maximum absolute atomic E-state index is 13.0. The first kappa shape index (κ1) is 21.6. The van der Waals surface area contributed by atoms with Crippen LogP contribution in [-0.4, -0.2) is 30.9 Å². The van der Waals surface area contributed by atoms with Crippen LogP contribution >= 0.6 is 0 Å². The Kier molecular flexibility index (Phi) is 6.32. The van der Waals surface area contributed by atoms with Crippen molar-refractivity contribution in [1.82, 2.24) is 0 Å². The zero-order chi connectivity index (χ0) is 23.2. The molecule has 0 unspecified atom stereocenters. The SMILES string of the molecule is N#CCc1ccc(OCC(=O)Nc2ccc(C(=O)N3CC(=O)Nc4ccccc43)cc2)cc1. The molecule has 0 aliphatic carbocycles. The van der Waals surface area contributed by atoms with Crippen LogP contribution in [0.4, 0.5) is 17.1 Å². The molecule has 0 spiro atoms. The molecule has 0 aromatic heterocycles. The van der Waals surface area contributed by atoms with Gasteiger partial charge in [0, 0.05) is 11.3 Å². The van der Waals surface area contributed by atoms with E-state index in [1.165, 1.54) is 4.90 Å². The van der Waals surface area contributed by atoms with E-state index in [-0.39, 0.29) is 30.9 Å². The van der Waals surface area contributed by atoms with Crippen LogP contribution in [0.15, 0.2) is 72.8 Å². The summed E-state index contributed by atoms with van der Waals surface area (Å²) in [7, 11) is 0. The lowest BCUT2D eigenvalue weighted by atomic mass is 10.1. The molecule has 3 amide bonds. The van der Waals surface area contributed by atoms with Gasteiger partial charge in [-0.15, -0.1) is 0 Å². The summed E-state index contributed by atoms with van der Waals surface area (Å²) in [6.07, 6.45) is 0.316. The molecule has 1 heterocycles. The number of nitriles is 1. The molecular weight excluding hydrogens is 420 g/mol. The first-order chi connectivity index (χ1) is 16.0. The number of ether oxygens (including phenoxy) is 1. The summed E-state index contributed by atoms with van der Waals surface area (Å²) in [6, 6.07) is 22.6. The van der Waals surface area contributed by atoms with Crippen molar-refractivity contribution in [2.75, 3.05) is 28.7 Å². The number of fused-ring (bicyclic) bond motifs is 1.